The predicted molar refractivity (Wildman–Crippen MR) is 100 cm³/mol. The molecule has 8 heteroatoms. The Balaban J connectivity index is 1.96. The van der Waals surface area contributed by atoms with Crippen molar-refractivity contribution >= 4 is 37.9 Å². The number of hydrogen-bond donors (Lipinski definition) is 0. The Labute approximate surface area is 154 Å². The van der Waals surface area contributed by atoms with Crippen molar-refractivity contribution in [1.29, 1.82) is 5.26 Å². The molecule has 0 unspecified atom stereocenters. The van der Waals surface area contributed by atoms with E-state index in [1.165, 1.54) is 30.3 Å². The van der Waals surface area contributed by atoms with Gasteiger partial charge < -0.3 is 0 Å². The van der Waals surface area contributed by atoms with E-state index in [1.807, 2.05) is 18.2 Å². The largest absolute Gasteiger partial charge is 0.269 e. The van der Waals surface area contributed by atoms with Crippen molar-refractivity contribution in [3.63, 3.8) is 0 Å². The van der Waals surface area contributed by atoms with E-state index in [0.29, 0.717) is 16.6 Å². The van der Waals surface area contributed by atoms with Gasteiger partial charge in [0.2, 0.25) is 0 Å². The third-order valence-corrected chi connectivity index (χ3v) is 6.15. The van der Waals surface area contributed by atoms with E-state index in [1.54, 1.807) is 18.2 Å². The Morgan fingerprint density at radius 1 is 1.07 bits per heavy atom. The Morgan fingerprint density at radius 2 is 1.74 bits per heavy atom. The van der Waals surface area contributed by atoms with Crippen LogP contribution in [0.4, 0.5) is 11.4 Å². The van der Waals surface area contributed by atoms with Gasteiger partial charge in [-0.05, 0) is 29.7 Å². The number of anilines is 1. The Bertz CT molecular complexity index is 1270. The smallest absolute Gasteiger partial charge is 0.258 e. The fourth-order valence-electron chi connectivity index (χ4n) is 3.23. The zero-order chi connectivity index (χ0) is 19.2. The van der Waals surface area contributed by atoms with Crippen molar-refractivity contribution in [3.05, 3.63) is 82.4 Å². The first-order valence-corrected chi connectivity index (χ1v) is 9.31. The molecule has 0 N–H and O–H groups in total. The van der Waals surface area contributed by atoms with E-state index in [9.17, 15) is 23.8 Å². The van der Waals surface area contributed by atoms with Crippen LogP contribution in [0.5, 0.6) is 0 Å². The van der Waals surface area contributed by atoms with Crippen LogP contribution in [0.2, 0.25) is 0 Å². The molecule has 132 valence electrons. The van der Waals surface area contributed by atoms with Crippen LogP contribution < -0.4 is 4.31 Å². The number of allylic oxidation sites excluding steroid dienone is 1. The molecule has 1 aliphatic heterocycles. The van der Waals surface area contributed by atoms with Crippen molar-refractivity contribution in [2.45, 2.75) is 4.90 Å². The molecule has 1 heterocycles. The Hall–Kier alpha value is -3.70. The zero-order valence-corrected chi connectivity index (χ0v) is 14.6. The van der Waals surface area contributed by atoms with Gasteiger partial charge in [-0.2, -0.15) is 5.26 Å². The van der Waals surface area contributed by atoms with Crippen molar-refractivity contribution in [2.24, 2.45) is 0 Å². The first kappa shape index (κ1) is 16.8. The quantitative estimate of drug-likeness (QED) is 0.392. The lowest BCUT2D eigenvalue weighted by molar-refractivity contribution is -0.384. The highest BCUT2D eigenvalue weighted by Gasteiger charge is 2.38. The monoisotopic (exact) mass is 377 g/mol. The summed E-state index contributed by atoms with van der Waals surface area (Å²) in [5, 5.41) is 21.5. The molecule has 3 aromatic rings. The minimum absolute atomic E-state index is 0.121. The number of rotatable bonds is 3. The molecule has 0 amide bonds. The van der Waals surface area contributed by atoms with Gasteiger partial charge in [-0.15, -0.1) is 0 Å². The van der Waals surface area contributed by atoms with Crippen LogP contribution in [-0.2, 0) is 10.0 Å². The van der Waals surface area contributed by atoms with E-state index >= 15 is 0 Å². The number of sulfonamides is 1. The highest BCUT2D eigenvalue weighted by molar-refractivity contribution is 7.94. The topological polar surface area (TPSA) is 104 Å². The molecule has 0 bridgehead atoms. The minimum atomic E-state index is -3.91. The summed E-state index contributed by atoms with van der Waals surface area (Å²) in [6, 6.07) is 17.5. The molecular formula is C19H11N3O4S. The van der Waals surface area contributed by atoms with Gasteiger partial charge in [0, 0.05) is 29.2 Å². The van der Waals surface area contributed by atoms with Crippen molar-refractivity contribution in [1.82, 2.24) is 0 Å². The SMILES string of the molecule is N#C/C=C(\c1ccc([N+](=O)[O-])cc1)N1c2cccc3cccc(c23)S1(=O)=O. The van der Waals surface area contributed by atoms with E-state index in [-0.39, 0.29) is 16.3 Å². The molecule has 4 rings (SSSR count). The molecular weight excluding hydrogens is 366 g/mol. The normalized spacial score (nSPS) is 14.9. The summed E-state index contributed by atoms with van der Waals surface area (Å²) in [5.74, 6) is 0. The number of nitro groups is 1. The van der Waals surface area contributed by atoms with E-state index < -0.39 is 14.9 Å². The van der Waals surface area contributed by atoms with Gasteiger partial charge >= 0.3 is 0 Å². The van der Waals surface area contributed by atoms with E-state index in [0.717, 1.165) is 15.8 Å². The second-order valence-corrected chi connectivity index (χ2v) is 7.62. The summed E-state index contributed by atoms with van der Waals surface area (Å²) in [4.78, 5) is 10.5. The van der Waals surface area contributed by atoms with Gasteiger partial charge in [-0.1, -0.05) is 24.3 Å². The number of benzene rings is 3. The summed E-state index contributed by atoms with van der Waals surface area (Å²) >= 11 is 0. The standard InChI is InChI=1S/C19H11N3O4S/c20-12-11-16(13-7-9-15(10-8-13)22(23)24)21-17-5-1-3-14-4-2-6-18(19(14)17)27(21,25)26/h1-11H/b16-11+. The number of hydrogen-bond acceptors (Lipinski definition) is 5. The van der Waals surface area contributed by atoms with Crippen LogP contribution in [0, 0.1) is 21.4 Å². The lowest BCUT2D eigenvalue weighted by Gasteiger charge is -2.21. The molecule has 0 spiro atoms. The van der Waals surface area contributed by atoms with Gasteiger partial charge in [0.05, 0.1) is 27.3 Å². The van der Waals surface area contributed by atoms with Gasteiger partial charge in [-0.3, -0.25) is 10.1 Å². The molecule has 0 saturated heterocycles. The molecule has 0 aromatic heterocycles. The molecule has 0 saturated carbocycles. The van der Waals surface area contributed by atoms with Gasteiger partial charge in [0.25, 0.3) is 15.7 Å². The van der Waals surface area contributed by atoms with Crippen LogP contribution in [0.25, 0.3) is 16.5 Å². The maximum atomic E-state index is 13.2. The molecule has 3 aromatic carbocycles. The van der Waals surface area contributed by atoms with Crippen LogP contribution in [-0.4, -0.2) is 13.3 Å². The Kier molecular flexibility index (Phi) is 3.68. The van der Waals surface area contributed by atoms with Crippen LogP contribution >= 0.6 is 0 Å². The third kappa shape index (κ3) is 2.45. The average molecular weight is 377 g/mol. The lowest BCUT2D eigenvalue weighted by atomic mass is 10.1. The molecule has 0 radical (unpaired) electrons. The number of nitriles is 1. The molecule has 0 atom stereocenters. The number of nitro benzene ring substituents is 1. The third-order valence-electron chi connectivity index (χ3n) is 4.38. The van der Waals surface area contributed by atoms with Crippen molar-refractivity contribution in [2.75, 3.05) is 4.31 Å². The maximum Gasteiger partial charge on any atom is 0.269 e. The zero-order valence-electron chi connectivity index (χ0n) is 13.7. The molecule has 7 nitrogen and oxygen atoms in total. The number of non-ortho nitro benzene ring substituents is 1. The number of nitrogens with zero attached hydrogens (tertiary/aromatic N) is 3. The molecule has 1 aliphatic rings. The average Bonchev–Trinajstić information content (AvgIpc) is 2.89. The second-order valence-electron chi connectivity index (χ2n) is 5.86. The highest BCUT2D eigenvalue weighted by Crippen LogP contribution is 2.45. The molecule has 0 fully saturated rings. The van der Waals surface area contributed by atoms with Crippen LogP contribution in [0.1, 0.15) is 5.56 Å². The fraction of sp³-hybridized carbons (Fsp3) is 0. The fourth-order valence-corrected chi connectivity index (χ4v) is 4.99. The van der Waals surface area contributed by atoms with E-state index in [2.05, 4.69) is 0 Å². The van der Waals surface area contributed by atoms with E-state index in [4.69, 9.17) is 0 Å². The van der Waals surface area contributed by atoms with Gasteiger partial charge in [-0.25, -0.2) is 12.7 Å². The highest BCUT2D eigenvalue weighted by atomic mass is 32.2. The molecule has 27 heavy (non-hydrogen) atoms. The summed E-state index contributed by atoms with van der Waals surface area (Å²) in [5.41, 5.74) is 0.847. The van der Waals surface area contributed by atoms with Crippen LogP contribution in [0.3, 0.4) is 0 Å². The van der Waals surface area contributed by atoms with Gasteiger partial charge in [0.1, 0.15) is 0 Å². The minimum Gasteiger partial charge on any atom is -0.258 e. The summed E-state index contributed by atoms with van der Waals surface area (Å²) in [6.45, 7) is 0. The van der Waals surface area contributed by atoms with Crippen LogP contribution in [0.15, 0.2) is 71.6 Å². The summed E-state index contributed by atoms with van der Waals surface area (Å²) < 4.78 is 27.5. The Morgan fingerprint density at radius 3 is 2.37 bits per heavy atom. The van der Waals surface area contributed by atoms with Crippen molar-refractivity contribution in [3.8, 4) is 6.07 Å². The van der Waals surface area contributed by atoms with Gasteiger partial charge in [0.15, 0.2) is 0 Å². The maximum absolute atomic E-state index is 13.2. The molecule has 0 aliphatic carbocycles. The van der Waals surface area contributed by atoms with Crippen molar-refractivity contribution < 1.29 is 13.3 Å². The lowest BCUT2D eigenvalue weighted by Crippen LogP contribution is -2.25. The second kappa shape index (κ2) is 5.93. The first-order valence-electron chi connectivity index (χ1n) is 7.87. The summed E-state index contributed by atoms with van der Waals surface area (Å²) in [6.07, 6.45) is 1.13. The first-order chi connectivity index (χ1) is 12.9. The summed E-state index contributed by atoms with van der Waals surface area (Å²) in [7, 11) is -3.91. The predicted octanol–water partition coefficient (Wildman–Crippen LogP) is 3.82.